The summed E-state index contributed by atoms with van der Waals surface area (Å²) in [6.45, 7) is 0.707. The molecule has 1 aliphatic heterocycles. The molecule has 0 radical (unpaired) electrons. The minimum atomic E-state index is -3.64. The van der Waals surface area contributed by atoms with Gasteiger partial charge in [-0.05, 0) is 41.8 Å². The van der Waals surface area contributed by atoms with Crippen LogP contribution in [0.2, 0.25) is 5.02 Å². The number of hydrogen-bond acceptors (Lipinski definition) is 3. The summed E-state index contributed by atoms with van der Waals surface area (Å²) in [5, 5.41) is 1.11. The van der Waals surface area contributed by atoms with Gasteiger partial charge in [-0.25, -0.2) is 8.42 Å². The van der Waals surface area contributed by atoms with Gasteiger partial charge in [0, 0.05) is 34.4 Å². The lowest BCUT2D eigenvalue weighted by Gasteiger charge is -2.18. The summed E-state index contributed by atoms with van der Waals surface area (Å²) >= 11 is 6.03. The first-order valence-corrected chi connectivity index (χ1v) is 12.4. The van der Waals surface area contributed by atoms with Crippen LogP contribution in [0.5, 0.6) is 0 Å². The first kappa shape index (κ1) is 20.8. The van der Waals surface area contributed by atoms with Crippen LogP contribution in [0, 0.1) is 0 Å². The molecule has 0 saturated heterocycles. The summed E-state index contributed by atoms with van der Waals surface area (Å²) in [5.41, 5.74) is 3.43. The number of carbonyl (C=O) groups is 1. The summed E-state index contributed by atoms with van der Waals surface area (Å²) in [7, 11) is -3.64. The van der Waals surface area contributed by atoms with Crippen LogP contribution in [0.25, 0.3) is 10.9 Å². The molecule has 5 rings (SSSR count). The number of nitrogens with zero attached hydrogens (tertiary/aromatic N) is 2. The number of fused-ring (bicyclic) bond motifs is 2. The van der Waals surface area contributed by atoms with E-state index in [1.165, 1.54) is 0 Å². The van der Waals surface area contributed by atoms with E-state index in [-0.39, 0.29) is 23.1 Å². The quantitative estimate of drug-likeness (QED) is 0.424. The van der Waals surface area contributed by atoms with E-state index in [9.17, 15) is 13.2 Å². The predicted octanol–water partition coefficient (Wildman–Crippen LogP) is 4.86. The van der Waals surface area contributed by atoms with Crippen LogP contribution in [-0.2, 0) is 33.4 Å². The van der Waals surface area contributed by atoms with E-state index < -0.39 is 9.84 Å². The molecular weight excluding hydrogens is 444 g/mol. The molecule has 4 aromatic rings. The van der Waals surface area contributed by atoms with E-state index >= 15 is 0 Å². The van der Waals surface area contributed by atoms with Crippen LogP contribution in [0.3, 0.4) is 0 Å². The molecule has 7 heteroatoms. The molecule has 2 heterocycles. The molecule has 1 aliphatic rings. The molecular formula is C25H21ClN2O3S. The second kappa shape index (κ2) is 8.11. The van der Waals surface area contributed by atoms with Gasteiger partial charge < -0.3 is 9.47 Å². The highest BCUT2D eigenvalue weighted by Gasteiger charge is 2.26. The molecule has 0 bridgehead atoms. The van der Waals surface area contributed by atoms with E-state index in [4.69, 9.17) is 11.6 Å². The highest BCUT2D eigenvalue weighted by atomic mass is 35.5. The maximum atomic E-state index is 13.3. The standard InChI is InChI=1S/C25H21ClN2O3S/c26-20-8-5-6-18(14-20)17-32(30,31)24-15-27(23-11-4-2-9-21(23)24)16-25(29)28-13-12-19-7-1-3-10-22(19)28/h1-11,14-15H,12-13,16-17H2. The Hall–Kier alpha value is -3.09. The minimum absolute atomic E-state index is 0.0607. The minimum Gasteiger partial charge on any atom is -0.337 e. The topological polar surface area (TPSA) is 59.4 Å². The van der Waals surface area contributed by atoms with Gasteiger partial charge in [0.1, 0.15) is 6.54 Å². The van der Waals surface area contributed by atoms with Crippen molar-refractivity contribution in [1.29, 1.82) is 0 Å². The first-order valence-electron chi connectivity index (χ1n) is 10.4. The number of para-hydroxylation sites is 2. The molecule has 0 fully saturated rings. The Morgan fingerprint density at radius 3 is 2.59 bits per heavy atom. The molecule has 3 aromatic carbocycles. The van der Waals surface area contributed by atoms with Crippen LogP contribution < -0.4 is 4.90 Å². The Morgan fingerprint density at radius 2 is 1.75 bits per heavy atom. The Bertz CT molecular complexity index is 1440. The van der Waals surface area contributed by atoms with Crippen molar-refractivity contribution in [2.45, 2.75) is 23.6 Å². The Labute approximate surface area is 191 Å². The summed E-state index contributed by atoms with van der Waals surface area (Å²) < 4.78 is 28.3. The van der Waals surface area contributed by atoms with Crippen molar-refractivity contribution >= 4 is 43.9 Å². The molecule has 0 spiro atoms. The van der Waals surface area contributed by atoms with Crippen molar-refractivity contribution in [1.82, 2.24) is 4.57 Å². The van der Waals surface area contributed by atoms with Gasteiger partial charge in [0.2, 0.25) is 5.91 Å². The van der Waals surface area contributed by atoms with Crippen LogP contribution in [0.1, 0.15) is 11.1 Å². The molecule has 0 aliphatic carbocycles. The molecule has 0 unspecified atom stereocenters. The number of hydrogen-bond donors (Lipinski definition) is 0. The lowest BCUT2D eigenvalue weighted by Crippen LogP contribution is -2.32. The van der Waals surface area contributed by atoms with Gasteiger partial charge in [-0.3, -0.25) is 4.79 Å². The first-order chi connectivity index (χ1) is 15.4. The third-order valence-corrected chi connectivity index (χ3v) is 7.77. The number of benzene rings is 3. The fourth-order valence-electron chi connectivity index (χ4n) is 4.34. The monoisotopic (exact) mass is 464 g/mol. The molecule has 32 heavy (non-hydrogen) atoms. The lowest BCUT2D eigenvalue weighted by molar-refractivity contribution is -0.119. The summed E-state index contributed by atoms with van der Waals surface area (Å²) in [4.78, 5) is 15.2. The van der Waals surface area contributed by atoms with Gasteiger partial charge >= 0.3 is 0 Å². The summed E-state index contributed by atoms with van der Waals surface area (Å²) in [5.74, 6) is -0.218. The smallest absolute Gasteiger partial charge is 0.246 e. The van der Waals surface area contributed by atoms with Gasteiger partial charge in [-0.15, -0.1) is 0 Å². The van der Waals surface area contributed by atoms with E-state index in [1.807, 2.05) is 42.5 Å². The SMILES string of the molecule is O=C(Cn1cc(S(=O)(=O)Cc2cccc(Cl)c2)c2ccccc21)N1CCc2ccccc21. The van der Waals surface area contributed by atoms with Crippen LogP contribution in [0.15, 0.2) is 83.9 Å². The van der Waals surface area contributed by atoms with Crippen molar-refractivity contribution in [3.05, 3.63) is 95.1 Å². The van der Waals surface area contributed by atoms with E-state index in [0.29, 0.717) is 22.5 Å². The zero-order valence-corrected chi connectivity index (χ0v) is 18.8. The van der Waals surface area contributed by atoms with Crippen LogP contribution in [0.4, 0.5) is 5.69 Å². The van der Waals surface area contributed by atoms with Crippen molar-refractivity contribution in [2.75, 3.05) is 11.4 Å². The van der Waals surface area contributed by atoms with Crippen molar-refractivity contribution < 1.29 is 13.2 Å². The van der Waals surface area contributed by atoms with E-state index in [1.54, 1.807) is 46.0 Å². The summed E-state index contributed by atoms with van der Waals surface area (Å²) in [6, 6.07) is 22.0. The molecule has 0 atom stereocenters. The van der Waals surface area contributed by atoms with Gasteiger partial charge in [0.05, 0.1) is 10.6 Å². The largest absolute Gasteiger partial charge is 0.337 e. The van der Waals surface area contributed by atoms with Gasteiger partial charge in [-0.2, -0.15) is 0 Å². The molecule has 1 aromatic heterocycles. The average Bonchev–Trinajstić information content (AvgIpc) is 3.36. The third-order valence-electron chi connectivity index (χ3n) is 5.83. The van der Waals surface area contributed by atoms with Gasteiger partial charge in [0.15, 0.2) is 9.84 Å². The maximum absolute atomic E-state index is 13.3. The zero-order valence-electron chi connectivity index (χ0n) is 17.2. The second-order valence-electron chi connectivity index (χ2n) is 7.95. The second-order valence-corrected chi connectivity index (χ2v) is 10.3. The Kier molecular flexibility index (Phi) is 5.27. The van der Waals surface area contributed by atoms with Gasteiger partial charge in [0.25, 0.3) is 0 Å². The number of carbonyl (C=O) groups excluding carboxylic acids is 1. The number of sulfone groups is 1. The van der Waals surface area contributed by atoms with Gasteiger partial charge in [-0.1, -0.05) is 60.1 Å². The van der Waals surface area contributed by atoms with Crippen molar-refractivity contribution in [3.8, 4) is 0 Å². The van der Waals surface area contributed by atoms with E-state index in [2.05, 4.69) is 0 Å². The molecule has 0 N–H and O–H groups in total. The van der Waals surface area contributed by atoms with Crippen LogP contribution in [-0.4, -0.2) is 25.4 Å². The maximum Gasteiger partial charge on any atom is 0.246 e. The molecule has 1 amide bonds. The third kappa shape index (κ3) is 3.80. The Balaban J connectivity index is 1.49. The molecule has 162 valence electrons. The highest BCUT2D eigenvalue weighted by molar-refractivity contribution is 7.90. The summed E-state index contributed by atoms with van der Waals surface area (Å²) in [6.07, 6.45) is 2.41. The predicted molar refractivity (Wildman–Crippen MR) is 127 cm³/mol. The number of anilines is 1. The fraction of sp³-hybridized carbons (Fsp3) is 0.160. The normalized spacial score (nSPS) is 13.5. The van der Waals surface area contributed by atoms with E-state index in [0.717, 1.165) is 23.2 Å². The molecule has 5 nitrogen and oxygen atoms in total. The fourth-order valence-corrected chi connectivity index (χ4v) is 6.13. The highest BCUT2D eigenvalue weighted by Crippen LogP contribution is 2.31. The number of halogens is 1. The number of amides is 1. The van der Waals surface area contributed by atoms with Crippen LogP contribution >= 0.6 is 11.6 Å². The van der Waals surface area contributed by atoms with Crippen molar-refractivity contribution in [2.24, 2.45) is 0 Å². The zero-order chi connectivity index (χ0) is 22.3. The Morgan fingerprint density at radius 1 is 0.969 bits per heavy atom. The molecule has 0 saturated carbocycles. The van der Waals surface area contributed by atoms with Crippen molar-refractivity contribution in [3.63, 3.8) is 0 Å². The lowest BCUT2D eigenvalue weighted by atomic mass is 10.2. The number of rotatable bonds is 5. The number of aromatic nitrogens is 1. The average molecular weight is 465 g/mol.